The van der Waals surface area contributed by atoms with Crippen LogP contribution >= 0.6 is 0 Å². The van der Waals surface area contributed by atoms with E-state index in [0.29, 0.717) is 5.56 Å². The summed E-state index contributed by atoms with van der Waals surface area (Å²) in [5.41, 5.74) is -0.303. The van der Waals surface area contributed by atoms with E-state index in [-0.39, 0.29) is 0 Å². The fourth-order valence-electron chi connectivity index (χ4n) is 2.26. The number of allylic oxidation sites excluding steroid dienone is 1. The van der Waals surface area contributed by atoms with Gasteiger partial charge in [0.15, 0.2) is 0 Å². The lowest BCUT2D eigenvalue weighted by Gasteiger charge is -2.27. The summed E-state index contributed by atoms with van der Waals surface area (Å²) in [7, 11) is 1.30. The zero-order valence-electron chi connectivity index (χ0n) is 9.85. The highest BCUT2D eigenvalue weighted by Crippen LogP contribution is 2.37. The molecule has 17 heavy (non-hydrogen) atoms. The molecule has 1 unspecified atom stereocenters. The second-order valence-corrected chi connectivity index (χ2v) is 4.19. The van der Waals surface area contributed by atoms with Gasteiger partial charge >= 0.3 is 5.97 Å². The zero-order valence-corrected chi connectivity index (χ0v) is 9.85. The summed E-state index contributed by atoms with van der Waals surface area (Å²) >= 11 is 0. The van der Waals surface area contributed by atoms with Gasteiger partial charge in [-0.2, -0.15) is 0 Å². The second kappa shape index (κ2) is 4.72. The van der Waals surface area contributed by atoms with Gasteiger partial charge in [-0.3, -0.25) is 0 Å². The number of carbonyl (C=O) groups is 1. The van der Waals surface area contributed by atoms with Crippen LogP contribution in [0.25, 0.3) is 0 Å². The second-order valence-electron chi connectivity index (χ2n) is 4.19. The van der Waals surface area contributed by atoms with E-state index in [1.165, 1.54) is 7.11 Å². The first kappa shape index (κ1) is 11.9. The molecule has 2 rings (SSSR count). The molecule has 1 atom stereocenters. The molecule has 1 aliphatic carbocycles. The van der Waals surface area contributed by atoms with Crippen LogP contribution in [0.4, 0.5) is 0 Å². The van der Waals surface area contributed by atoms with Crippen molar-refractivity contribution in [2.75, 3.05) is 7.11 Å². The Labute approximate surface area is 101 Å². The molecule has 0 heterocycles. The molecule has 0 bridgehead atoms. The van der Waals surface area contributed by atoms with E-state index < -0.39 is 11.6 Å². The lowest BCUT2D eigenvalue weighted by atomic mass is 9.85. The van der Waals surface area contributed by atoms with Gasteiger partial charge in [-0.25, -0.2) is 4.79 Å². The number of aliphatic hydroxyl groups is 1. The number of benzene rings is 1. The van der Waals surface area contributed by atoms with E-state index in [2.05, 4.69) is 0 Å². The van der Waals surface area contributed by atoms with Crippen LogP contribution in [0.5, 0.6) is 0 Å². The molecule has 1 aliphatic rings. The fraction of sp³-hybridized carbons (Fsp3) is 0.357. The van der Waals surface area contributed by atoms with Crippen molar-refractivity contribution in [1.29, 1.82) is 0 Å². The maximum absolute atomic E-state index is 11.9. The Kier molecular flexibility index (Phi) is 3.29. The Hall–Kier alpha value is -1.61. The van der Waals surface area contributed by atoms with Gasteiger partial charge in [0, 0.05) is 0 Å². The highest BCUT2D eigenvalue weighted by atomic mass is 16.5. The van der Waals surface area contributed by atoms with Crippen LogP contribution in [0.15, 0.2) is 42.0 Å². The van der Waals surface area contributed by atoms with E-state index in [0.717, 1.165) is 24.8 Å². The summed E-state index contributed by atoms with van der Waals surface area (Å²) in [6.45, 7) is 0. The van der Waals surface area contributed by atoms with E-state index in [1.54, 1.807) is 24.3 Å². The number of hydrogen-bond donors (Lipinski definition) is 1. The predicted molar refractivity (Wildman–Crippen MR) is 64.3 cm³/mol. The van der Waals surface area contributed by atoms with Crippen LogP contribution in [-0.4, -0.2) is 18.2 Å². The van der Waals surface area contributed by atoms with E-state index >= 15 is 0 Å². The van der Waals surface area contributed by atoms with Crippen molar-refractivity contribution in [3.8, 4) is 0 Å². The number of carbonyl (C=O) groups excluding carboxylic acids is 1. The predicted octanol–water partition coefficient (Wildman–Crippen LogP) is 2.16. The van der Waals surface area contributed by atoms with Crippen molar-refractivity contribution in [3.05, 3.63) is 47.5 Å². The van der Waals surface area contributed by atoms with Gasteiger partial charge in [0.05, 0.1) is 7.11 Å². The first-order valence-electron chi connectivity index (χ1n) is 5.75. The summed E-state index contributed by atoms with van der Waals surface area (Å²) in [4.78, 5) is 11.9. The zero-order chi connectivity index (χ0) is 12.3. The molecule has 0 aromatic heterocycles. The van der Waals surface area contributed by atoms with E-state index in [1.807, 2.05) is 12.1 Å². The molecule has 0 radical (unpaired) electrons. The molecule has 3 nitrogen and oxygen atoms in total. The third-order valence-corrected chi connectivity index (χ3v) is 3.18. The van der Waals surface area contributed by atoms with Gasteiger partial charge in [-0.15, -0.1) is 0 Å². The number of hydrogen-bond acceptors (Lipinski definition) is 3. The molecule has 0 amide bonds. The molecule has 0 spiro atoms. The Morgan fingerprint density at radius 1 is 1.35 bits per heavy atom. The van der Waals surface area contributed by atoms with Crippen LogP contribution in [-0.2, 0) is 15.1 Å². The molecular weight excluding hydrogens is 216 g/mol. The molecule has 0 saturated heterocycles. The van der Waals surface area contributed by atoms with Crippen LogP contribution in [0.3, 0.4) is 0 Å². The van der Waals surface area contributed by atoms with Gasteiger partial charge < -0.3 is 9.84 Å². The van der Waals surface area contributed by atoms with Crippen molar-refractivity contribution < 1.29 is 14.6 Å². The van der Waals surface area contributed by atoms with Gasteiger partial charge in [0.2, 0.25) is 5.60 Å². The van der Waals surface area contributed by atoms with Gasteiger partial charge in [0.1, 0.15) is 0 Å². The summed E-state index contributed by atoms with van der Waals surface area (Å²) < 4.78 is 4.75. The molecule has 3 heteroatoms. The maximum Gasteiger partial charge on any atom is 0.347 e. The van der Waals surface area contributed by atoms with Crippen LogP contribution in [0.1, 0.15) is 24.8 Å². The Morgan fingerprint density at radius 2 is 2.06 bits per heavy atom. The largest absolute Gasteiger partial charge is 0.466 e. The summed E-state index contributed by atoms with van der Waals surface area (Å²) in [6, 6.07) is 8.95. The molecule has 1 N–H and O–H groups in total. The number of ether oxygens (including phenoxy) is 1. The minimum atomic E-state index is -1.62. The normalized spacial score (nSPS) is 18.4. The van der Waals surface area contributed by atoms with Crippen molar-refractivity contribution in [2.45, 2.75) is 24.9 Å². The topological polar surface area (TPSA) is 46.5 Å². The quantitative estimate of drug-likeness (QED) is 0.641. The lowest BCUT2D eigenvalue weighted by molar-refractivity contribution is -0.159. The Bertz CT molecular complexity index is 436. The SMILES string of the molecule is COC(=O)C(O)(C1=CCCC1)c1ccccc1. The van der Waals surface area contributed by atoms with Gasteiger partial charge in [0.25, 0.3) is 0 Å². The van der Waals surface area contributed by atoms with E-state index in [4.69, 9.17) is 4.74 Å². The maximum atomic E-state index is 11.9. The van der Waals surface area contributed by atoms with Crippen LogP contribution < -0.4 is 0 Å². The van der Waals surface area contributed by atoms with Crippen molar-refractivity contribution in [1.82, 2.24) is 0 Å². The van der Waals surface area contributed by atoms with Crippen molar-refractivity contribution in [2.24, 2.45) is 0 Å². The summed E-state index contributed by atoms with van der Waals surface area (Å²) in [6.07, 6.45) is 4.55. The standard InChI is InChI=1S/C14H16O3/c1-17-13(15)14(16,12-9-5-6-10-12)11-7-3-2-4-8-11/h2-4,7-9,16H,5-6,10H2,1H3. The molecular formula is C14H16O3. The first-order valence-corrected chi connectivity index (χ1v) is 5.75. The van der Waals surface area contributed by atoms with E-state index in [9.17, 15) is 9.90 Å². The Morgan fingerprint density at radius 3 is 2.59 bits per heavy atom. The summed E-state index contributed by atoms with van der Waals surface area (Å²) in [5.74, 6) is -0.614. The first-order chi connectivity index (χ1) is 8.19. The van der Waals surface area contributed by atoms with Gasteiger partial charge in [-0.1, -0.05) is 36.4 Å². The van der Waals surface area contributed by atoms with Gasteiger partial charge in [-0.05, 0) is 30.4 Å². The average molecular weight is 232 g/mol. The number of methoxy groups -OCH3 is 1. The molecule has 0 saturated carbocycles. The fourth-order valence-corrected chi connectivity index (χ4v) is 2.26. The molecule has 0 fully saturated rings. The van der Waals surface area contributed by atoms with Crippen LogP contribution in [0, 0.1) is 0 Å². The average Bonchev–Trinajstić information content (AvgIpc) is 2.92. The monoisotopic (exact) mass is 232 g/mol. The highest BCUT2D eigenvalue weighted by molar-refractivity contribution is 5.85. The van der Waals surface area contributed by atoms with Crippen molar-refractivity contribution in [3.63, 3.8) is 0 Å². The summed E-state index contributed by atoms with van der Waals surface area (Å²) in [5, 5.41) is 10.7. The highest BCUT2D eigenvalue weighted by Gasteiger charge is 2.43. The minimum Gasteiger partial charge on any atom is -0.466 e. The van der Waals surface area contributed by atoms with Crippen LogP contribution in [0.2, 0.25) is 0 Å². The molecule has 0 aliphatic heterocycles. The van der Waals surface area contributed by atoms with Crippen molar-refractivity contribution >= 4 is 5.97 Å². The molecule has 1 aromatic carbocycles. The molecule has 90 valence electrons. The third kappa shape index (κ3) is 1.98. The lowest BCUT2D eigenvalue weighted by Crippen LogP contribution is -2.38. The smallest absolute Gasteiger partial charge is 0.347 e. The third-order valence-electron chi connectivity index (χ3n) is 3.18. The minimum absolute atomic E-state index is 0.569. The number of esters is 1. The number of rotatable bonds is 3. The Balaban J connectivity index is 2.47. The molecule has 1 aromatic rings.